The first-order valence-corrected chi connectivity index (χ1v) is 9.51. The minimum absolute atomic E-state index is 0.0952. The molecule has 0 bridgehead atoms. The summed E-state index contributed by atoms with van der Waals surface area (Å²) in [5, 5.41) is 12.5. The number of benzene rings is 1. The van der Waals surface area contributed by atoms with E-state index < -0.39 is 0 Å². The molecule has 0 unspecified atom stereocenters. The first-order valence-electron chi connectivity index (χ1n) is 8.38. The smallest absolute Gasteiger partial charge is 0.249 e. The predicted octanol–water partition coefficient (Wildman–Crippen LogP) is 2.58. The summed E-state index contributed by atoms with van der Waals surface area (Å²) >= 11 is 17.5. The quantitative estimate of drug-likeness (QED) is 0.681. The topological polar surface area (TPSA) is 84.2 Å². The number of aromatic nitrogens is 4. The third kappa shape index (κ3) is 4.63. The number of amides is 2. The fourth-order valence-corrected chi connectivity index (χ4v) is 3.59. The Morgan fingerprint density at radius 2 is 1.96 bits per heavy atom. The van der Waals surface area contributed by atoms with Gasteiger partial charge in [-0.1, -0.05) is 34.8 Å². The van der Waals surface area contributed by atoms with Gasteiger partial charge in [0, 0.05) is 43.2 Å². The Morgan fingerprint density at radius 1 is 1.21 bits per heavy atom. The molecule has 1 aromatic heterocycles. The molecule has 1 atom stereocenters. The first kappa shape index (κ1) is 20.6. The van der Waals surface area contributed by atoms with E-state index in [2.05, 4.69) is 15.4 Å². The van der Waals surface area contributed by atoms with Gasteiger partial charge in [0.2, 0.25) is 17.6 Å². The molecule has 3 rings (SSSR count). The van der Waals surface area contributed by atoms with Gasteiger partial charge in [-0.15, -0.1) is 10.2 Å². The van der Waals surface area contributed by atoms with Gasteiger partial charge < -0.3 is 9.80 Å². The van der Waals surface area contributed by atoms with Gasteiger partial charge in [-0.25, -0.2) is 0 Å². The second-order valence-electron chi connectivity index (χ2n) is 6.32. The molecule has 8 nitrogen and oxygen atoms in total. The van der Waals surface area contributed by atoms with Gasteiger partial charge in [-0.2, -0.15) is 4.80 Å². The summed E-state index contributed by atoms with van der Waals surface area (Å²) in [7, 11) is 1.67. The molecule has 0 aliphatic carbocycles. The van der Waals surface area contributed by atoms with Crippen LogP contribution in [0.2, 0.25) is 5.02 Å². The van der Waals surface area contributed by atoms with Gasteiger partial charge in [0.05, 0.1) is 13.1 Å². The van der Waals surface area contributed by atoms with Crippen LogP contribution in [0, 0.1) is 0 Å². The fourth-order valence-electron chi connectivity index (χ4n) is 3.16. The van der Waals surface area contributed by atoms with Crippen molar-refractivity contribution in [1.29, 1.82) is 0 Å². The first-order chi connectivity index (χ1) is 13.2. The number of hydrogen-bond donors (Lipinski definition) is 0. The van der Waals surface area contributed by atoms with Crippen LogP contribution in [0.15, 0.2) is 28.8 Å². The van der Waals surface area contributed by atoms with Crippen molar-refractivity contribution >= 4 is 46.6 Å². The Balaban J connectivity index is 1.97. The summed E-state index contributed by atoms with van der Waals surface area (Å²) in [6.45, 7) is 2.54. The van der Waals surface area contributed by atoms with Crippen molar-refractivity contribution in [3.63, 3.8) is 0 Å². The van der Waals surface area contributed by atoms with Gasteiger partial charge in [-0.05, 0) is 29.0 Å². The van der Waals surface area contributed by atoms with Crippen LogP contribution in [0.25, 0.3) is 11.4 Å². The Morgan fingerprint density at radius 3 is 2.57 bits per heavy atom. The van der Waals surface area contributed by atoms with Crippen LogP contribution in [-0.4, -0.2) is 61.5 Å². The summed E-state index contributed by atoms with van der Waals surface area (Å²) in [6.07, 6.45) is 1.15. The van der Waals surface area contributed by atoms with E-state index in [-0.39, 0.29) is 28.9 Å². The van der Waals surface area contributed by atoms with E-state index in [0.29, 0.717) is 29.5 Å². The molecule has 0 saturated carbocycles. The molecule has 0 N–H and O–H groups in total. The van der Waals surface area contributed by atoms with Crippen molar-refractivity contribution in [2.75, 3.05) is 19.6 Å². The molecule has 1 aromatic carbocycles. The van der Waals surface area contributed by atoms with Gasteiger partial charge in [0.1, 0.15) is 4.49 Å². The number of halogens is 3. The number of aryl methyl sites for hydroxylation is 1. The molecular formula is C17H17Cl3N6O2. The number of carbonyl (C=O) groups is 2. The maximum absolute atomic E-state index is 12.3. The van der Waals surface area contributed by atoms with Crippen molar-refractivity contribution in [3.05, 3.63) is 39.4 Å². The van der Waals surface area contributed by atoms with Gasteiger partial charge >= 0.3 is 0 Å². The molecule has 28 heavy (non-hydrogen) atoms. The highest BCUT2D eigenvalue weighted by Gasteiger charge is 2.32. The number of tetrazole rings is 1. The molecule has 1 fully saturated rings. The van der Waals surface area contributed by atoms with Crippen LogP contribution in [0.5, 0.6) is 0 Å². The van der Waals surface area contributed by atoms with E-state index in [1.807, 2.05) is 6.07 Å². The summed E-state index contributed by atoms with van der Waals surface area (Å²) < 4.78 is -0.116. The van der Waals surface area contributed by atoms with Crippen LogP contribution in [0.4, 0.5) is 0 Å². The highest BCUT2D eigenvalue weighted by molar-refractivity contribution is 6.56. The Bertz CT molecular complexity index is 941. The molecule has 1 aliphatic heterocycles. The standard InChI is InChI=1S/C17H17Cl3N6O2/c1-10(27)26-4-3-25(16(28)8-15(19)20)9-14(26)11-5-12(7-13(18)6-11)17-21-23-24(2)22-17/h5-8,14H,3-4,9H2,1-2H3/t14-/m1/s1. The van der Waals surface area contributed by atoms with E-state index in [1.165, 1.54) is 11.7 Å². The fraction of sp³-hybridized carbons (Fsp3) is 0.353. The maximum Gasteiger partial charge on any atom is 0.249 e. The SMILES string of the molecule is CC(=O)N1CCN(C(=O)C=C(Cl)Cl)C[C@@H]1c1cc(Cl)cc(-c2nnn(C)n2)c1. The van der Waals surface area contributed by atoms with Crippen LogP contribution in [0.3, 0.4) is 0 Å². The van der Waals surface area contributed by atoms with E-state index >= 15 is 0 Å². The Kier molecular flexibility index (Phi) is 6.22. The molecule has 1 saturated heterocycles. The monoisotopic (exact) mass is 442 g/mol. The third-order valence-corrected chi connectivity index (χ3v) is 4.84. The maximum atomic E-state index is 12.3. The third-order valence-electron chi connectivity index (χ3n) is 4.40. The highest BCUT2D eigenvalue weighted by Crippen LogP contribution is 2.31. The van der Waals surface area contributed by atoms with Gasteiger partial charge in [-0.3, -0.25) is 9.59 Å². The number of piperazine rings is 1. The number of carbonyl (C=O) groups excluding carboxylic acids is 2. The predicted molar refractivity (Wildman–Crippen MR) is 106 cm³/mol. The average Bonchev–Trinajstić information content (AvgIpc) is 3.06. The molecule has 148 valence electrons. The van der Waals surface area contributed by atoms with E-state index in [1.54, 1.807) is 29.0 Å². The van der Waals surface area contributed by atoms with E-state index in [9.17, 15) is 9.59 Å². The summed E-state index contributed by atoms with van der Waals surface area (Å²) in [5.74, 6) is 0.00874. The zero-order valence-corrected chi connectivity index (χ0v) is 17.4. The Labute approximate surface area is 176 Å². The lowest BCUT2D eigenvalue weighted by molar-refractivity contribution is -0.139. The number of rotatable bonds is 3. The van der Waals surface area contributed by atoms with Crippen LogP contribution >= 0.6 is 34.8 Å². The average molecular weight is 444 g/mol. The summed E-state index contributed by atoms with van der Waals surface area (Å²) in [6, 6.07) is 4.95. The van der Waals surface area contributed by atoms with Crippen LogP contribution < -0.4 is 0 Å². The molecule has 2 heterocycles. The Hall–Kier alpha value is -2.16. The van der Waals surface area contributed by atoms with Crippen molar-refractivity contribution in [3.8, 4) is 11.4 Å². The second-order valence-corrected chi connectivity index (χ2v) is 7.77. The van der Waals surface area contributed by atoms with Crippen molar-refractivity contribution in [1.82, 2.24) is 30.0 Å². The molecule has 2 amide bonds. The minimum Gasteiger partial charge on any atom is -0.335 e. The lowest BCUT2D eigenvalue weighted by Crippen LogP contribution is -2.51. The number of hydrogen-bond acceptors (Lipinski definition) is 5. The molecule has 1 aliphatic rings. The molecule has 0 spiro atoms. The largest absolute Gasteiger partial charge is 0.335 e. The van der Waals surface area contributed by atoms with Crippen molar-refractivity contribution in [2.45, 2.75) is 13.0 Å². The van der Waals surface area contributed by atoms with Gasteiger partial charge in [0.15, 0.2) is 0 Å². The normalized spacial score (nSPS) is 16.8. The lowest BCUT2D eigenvalue weighted by atomic mass is 9.99. The zero-order chi connectivity index (χ0) is 20.4. The zero-order valence-electron chi connectivity index (χ0n) is 15.1. The molecule has 0 radical (unpaired) electrons. The molecule has 2 aromatic rings. The number of nitrogens with zero attached hydrogens (tertiary/aromatic N) is 6. The van der Waals surface area contributed by atoms with Crippen molar-refractivity contribution < 1.29 is 9.59 Å². The van der Waals surface area contributed by atoms with Gasteiger partial charge in [0.25, 0.3) is 0 Å². The van der Waals surface area contributed by atoms with Crippen molar-refractivity contribution in [2.24, 2.45) is 7.05 Å². The summed E-state index contributed by atoms with van der Waals surface area (Å²) in [4.78, 5) is 29.2. The minimum atomic E-state index is -0.383. The van der Waals surface area contributed by atoms with E-state index in [0.717, 1.165) is 11.6 Å². The molecular weight excluding hydrogens is 427 g/mol. The lowest BCUT2D eigenvalue weighted by Gasteiger charge is -2.41. The molecule has 11 heteroatoms. The second kappa shape index (κ2) is 8.46. The van der Waals surface area contributed by atoms with Crippen LogP contribution in [0.1, 0.15) is 18.5 Å². The highest BCUT2D eigenvalue weighted by atomic mass is 35.5. The van der Waals surface area contributed by atoms with E-state index in [4.69, 9.17) is 34.8 Å². The van der Waals surface area contributed by atoms with Crippen LogP contribution in [-0.2, 0) is 16.6 Å². The summed E-state index contributed by atoms with van der Waals surface area (Å²) in [5.41, 5.74) is 1.44.